The van der Waals surface area contributed by atoms with Crippen molar-refractivity contribution < 1.29 is 4.74 Å². The molecule has 0 saturated heterocycles. The van der Waals surface area contributed by atoms with Gasteiger partial charge >= 0.3 is 0 Å². The molecule has 2 rings (SSSR count). The zero-order valence-corrected chi connectivity index (χ0v) is 12.9. The lowest BCUT2D eigenvalue weighted by molar-refractivity contribution is 0.411. The first kappa shape index (κ1) is 14.6. The van der Waals surface area contributed by atoms with Gasteiger partial charge in [0.1, 0.15) is 22.4 Å². The summed E-state index contributed by atoms with van der Waals surface area (Å²) >= 11 is 6.20. The normalized spacial score (nSPS) is 10.4. The van der Waals surface area contributed by atoms with Crippen LogP contribution in [-0.2, 0) is 6.54 Å². The van der Waals surface area contributed by atoms with Gasteiger partial charge in [-0.1, -0.05) is 23.7 Å². The van der Waals surface area contributed by atoms with Crippen LogP contribution in [0, 0.1) is 20.8 Å². The fourth-order valence-corrected chi connectivity index (χ4v) is 2.20. The quantitative estimate of drug-likeness (QED) is 0.933. The van der Waals surface area contributed by atoms with Gasteiger partial charge in [0.05, 0.1) is 12.8 Å². The van der Waals surface area contributed by atoms with E-state index in [1.807, 2.05) is 32.9 Å². The van der Waals surface area contributed by atoms with Gasteiger partial charge in [-0.2, -0.15) is 0 Å². The van der Waals surface area contributed by atoms with Crippen molar-refractivity contribution >= 4 is 17.4 Å². The largest absolute Gasteiger partial charge is 0.496 e. The maximum Gasteiger partial charge on any atom is 0.149 e. The van der Waals surface area contributed by atoms with E-state index in [-0.39, 0.29) is 0 Å². The molecule has 1 aromatic carbocycles. The van der Waals surface area contributed by atoms with Crippen LogP contribution in [0.1, 0.15) is 22.6 Å². The minimum absolute atomic E-state index is 0.570. The molecular formula is C15H18ClN3O. The van der Waals surface area contributed by atoms with Gasteiger partial charge < -0.3 is 10.1 Å². The number of nitrogens with one attached hydrogen (secondary N) is 1. The van der Waals surface area contributed by atoms with Crippen LogP contribution in [0.3, 0.4) is 0 Å². The first-order valence-corrected chi connectivity index (χ1v) is 6.77. The molecule has 5 heteroatoms. The molecule has 0 amide bonds. The van der Waals surface area contributed by atoms with Crippen molar-refractivity contribution in [3.63, 3.8) is 0 Å². The molecule has 2 aromatic rings. The number of halogens is 1. The van der Waals surface area contributed by atoms with Gasteiger partial charge in [-0.25, -0.2) is 9.97 Å². The van der Waals surface area contributed by atoms with E-state index in [0.717, 1.165) is 22.6 Å². The monoisotopic (exact) mass is 291 g/mol. The highest BCUT2D eigenvalue weighted by atomic mass is 35.5. The van der Waals surface area contributed by atoms with E-state index in [4.69, 9.17) is 16.3 Å². The van der Waals surface area contributed by atoms with E-state index >= 15 is 0 Å². The van der Waals surface area contributed by atoms with Crippen molar-refractivity contribution in [2.24, 2.45) is 0 Å². The molecule has 1 N–H and O–H groups in total. The SMILES string of the molecule is COc1ccc(CNc2nc(C)nc(C)c2Cl)cc1C. The number of rotatable bonds is 4. The molecule has 0 aliphatic carbocycles. The number of ether oxygens (including phenoxy) is 1. The highest BCUT2D eigenvalue weighted by Gasteiger charge is 2.08. The fourth-order valence-electron chi connectivity index (χ4n) is 2.05. The summed E-state index contributed by atoms with van der Waals surface area (Å²) in [5.41, 5.74) is 3.04. The van der Waals surface area contributed by atoms with Crippen molar-refractivity contribution in [1.82, 2.24) is 9.97 Å². The minimum Gasteiger partial charge on any atom is -0.496 e. The smallest absolute Gasteiger partial charge is 0.149 e. The second kappa shape index (κ2) is 6.09. The molecule has 20 heavy (non-hydrogen) atoms. The Kier molecular flexibility index (Phi) is 4.45. The zero-order chi connectivity index (χ0) is 14.7. The molecule has 4 nitrogen and oxygen atoms in total. The lowest BCUT2D eigenvalue weighted by Crippen LogP contribution is -2.05. The van der Waals surface area contributed by atoms with Crippen LogP contribution in [0.2, 0.25) is 5.02 Å². The van der Waals surface area contributed by atoms with Crippen molar-refractivity contribution in [3.05, 3.63) is 45.9 Å². The van der Waals surface area contributed by atoms with Crippen molar-refractivity contribution in [2.75, 3.05) is 12.4 Å². The molecule has 0 radical (unpaired) electrons. The molecule has 0 atom stereocenters. The predicted molar refractivity (Wildman–Crippen MR) is 81.6 cm³/mol. The highest BCUT2D eigenvalue weighted by molar-refractivity contribution is 6.33. The van der Waals surface area contributed by atoms with Crippen LogP contribution in [0.15, 0.2) is 18.2 Å². The number of benzene rings is 1. The number of aryl methyl sites for hydroxylation is 3. The highest BCUT2D eigenvalue weighted by Crippen LogP contribution is 2.23. The molecule has 0 aliphatic heterocycles. The van der Waals surface area contributed by atoms with Crippen molar-refractivity contribution in [2.45, 2.75) is 27.3 Å². The van der Waals surface area contributed by atoms with Crippen LogP contribution in [0.25, 0.3) is 0 Å². The average Bonchev–Trinajstić information content (AvgIpc) is 2.41. The number of anilines is 1. The van der Waals surface area contributed by atoms with Crippen molar-refractivity contribution in [1.29, 1.82) is 0 Å². The molecule has 0 bridgehead atoms. The Labute approximate surface area is 124 Å². The van der Waals surface area contributed by atoms with E-state index in [9.17, 15) is 0 Å². The number of aromatic nitrogens is 2. The van der Waals surface area contributed by atoms with Gasteiger partial charge in [0, 0.05) is 6.54 Å². The van der Waals surface area contributed by atoms with Crippen LogP contribution in [0.5, 0.6) is 5.75 Å². The topological polar surface area (TPSA) is 47.0 Å². The van der Waals surface area contributed by atoms with Gasteiger partial charge in [0.25, 0.3) is 0 Å². The number of hydrogen-bond donors (Lipinski definition) is 1. The Balaban J connectivity index is 2.15. The van der Waals surface area contributed by atoms with E-state index in [1.165, 1.54) is 0 Å². The van der Waals surface area contributed by atoms with Gasteiger partial charge in [-0.05, 0) is 38.0 Å². The third-order valence-electron chi connectivity index (χ3n) is 3.05. The van der Waals surface area contributed by atoms with Gasteiger partial charge in [-0.3, -0.25) is 0 Å². The molecule has 0 unspecified atom stereocenters. The van der Waals surface area contributed by atoms with Crippen LogP contribution in [0.4, 0.5) is 5.82 Å². The average molecular weight is 292 g/mol. The lowest BCUT2D eigenvalue weighted by atomic mass is 10.1. The Morgan fingerprint density at radius 1 is 1.20 bits per heavy atom. The van der Waals surface area contributed by atoms with Crippen molar-refractivity contribution in [3.8, 4) is 5.75 Å². The Morgan fingerprint density at radius 3 is 2.60 bits per heavy atom. The summed E-state index contributed by atoms with van der Waals surface area (Å²) in [4.78, 5) is 8.55. The van der Waals surface area contributed by atoms with E-state index in [0.29, 0.717) is 23.2 Å². The summed E-state index contributed by atoms with van der Waals surface area (Å²) in [6.07, 6.45) is 0. The molecule has 1 aromatic heterocycles. The number of nitrogens with zero attached hydrogens (tertiary/aromatic N) is 2. The molecule has 1 heterocycles. The maximum absolute atomic E-state index is 6.20. The summed E-state index contributed by atoms with van der Waals surface area (Å²) < 4.78 is 5.25. The Hall–Kier alpha value is -1.81. The molecule has 0 spiro atoms. The summed E-state index contributed by atoms with van der Waals surface area (Å²) in [5, 5.41) is 3.82. The van der Waals surface area contributed by atoms with Crippen LogP contribution in [-0.4, -0.2) is 17.1 Å². The molecule has 0 saturated carbocycles. The fraction of sp³-hybridized carbons (Fsp3) is 0.333. The third kappa shape index (κ3) is 3.20. The zero-order valence-electron chi connectivity index (χ0n) is 12.1. The maximum atomic E-state index is 6.20. The van der Waals surface area contributed by atoms with E-state index in [1.54, 1.807) is 7.11 Å². The molecule has 0 fully saturated rings. The summed E-state index contributed by atoms with van der Waals surface area (Å²) in [7, 11) is 1.67. The van der Waals surface area contributed by atoms with Gasteiger partial charge in [-0.15, -0.1) is 0 Å². The van der Waals surface area contributed by atoms with Crippen LogP contribution < -0.4 is 10.1 Å². The Morgan fingerprint density at radius 2 is 1.95 bits per heavy atom. The summed E-state index contributed by atoms with van der Waals surface area (Å²) in [6, 6.07) is 6.07. The lowest BCUT2D eigenvalue weighted by Gasteiger charge is -2.11. The number of methoxy groups -OCH3 is 1. The first-order chi connectivity index (χ1) is 9.51. The van der Waals surface area contributed by atoms with Gasteiger partial charge in [0.15, 0.2) is 0 Å². The second-order valence-electron chi connectivity index (χ2n) is 4.68. The summed E-state index contributed by atoms with van der Waals surface area (Å²) in [6.45, 7) is 6.40. The second-order valence-corrected chi connectivity index (χ2v) is 5.05. The molecule has 106 valence electrons. The van der Waals surface area contributed by atoms with Crippen LogP contribution >= 0.6 is 11.6 Å². The predicted octanol–water partition coefficient (Wildman–Crippen LogP) is 3.68. The first-order valence-electron chi connectivity index (χ1n) is 6.39. The van der Waals surface area contributed by atoms with Gasteiger partial charge in [0.2, 0.25) is 0 Å². The molecule has 0 aliphatic rings. The number of hydrogen-bond acceptors (Lipinski definition) is 4. The molecular weight excluding hydrogens is 274 g/mol. The van der Waals surface area contributed by atoms with E-state index in [2.05, 4.69) is 21.4 Å². The minimum atomic E-state index is 0.570. The van der Waals surface area contributed by atoms with E-state index < -0.39 is 0 Å². The third-order valence-corrected chi connectivity index (χ3v) is 3.50. The summed E-state index contributed by atoms with van der Waals surface area (Å²) in [5.74, 6) is 2.27. The Bertz CT molecular complexity index is 629. The standard InChI is InChI=1S/C15H18ClN3O/c1-9-7-12(5-6-13(9)20-4)8-17-15-14(16)10(2)18-11(3)19-15/h5-7H,8H2,1-4H3,(H,17,18,19).